The number of ether oxygens (including phenoxy) is 1. The van der Waals surface area contributed by atoms with Gasteiger partial charge in [-0.3, -0.25) is 0 Å². The third kappa shape index (κ3) is 3.87. The summed E-state index contributed by atoms with van der Waals surface area (Å²) in [6.45, 7) is 5.74. The van der Waals surface area contributed by atoms with Crippen LogP contribution in [0.3, 0.4) is 0 Å². The number of aliphatic hydroxyl groups is 1. The van der Waals surface area contributed by atoms with Crippen molar-refractivity contribution in [1.82, 2.24) is 14.6 Å². The minimum absolute atomic E-state index is 0.151. The Morgan fingerprint density at radius 3 is 2.85 bits per heavy atom. The van der Waals surface area contributed by atoms with Crippen molar-refractivity contribution in [2.45, 2.75) is 70.4 Å². The fourth-order valence-corrected chi connectivity index (χ4v) is 4.09. The van der Waals surface area contributed by atoms with Crippen LogP contribution in [-0.4, -0.2) is 45.1 Å². The highest BCUT2D eigenvalue weighted by Gasteiger charge is 2.26. The van der Waals surface area contributed by atoms with Crippen LogP contribution in [0.15, 0.2) is 18.3 Å². The van der Waals surface area contributed by atoms with Crippen LogP contribution in [0.4, 0.5) is 5.95 Å². The van der Waals surface area contributed by atoms with Crippen molar-refractivity contribution in [3.63, 3.8) is 0 Å². The Morgan fingerprint density at radius 1 is 1.33 bits per heavy atom. The van der Waals surface area contributed by atoms with E-state index in [1.165, 1.54) is 16.8 Å². The molecule has 1 aliphatic carbocycles. The van der Waals surface area contributed by atoms with Crippen LogP contribution < -0.4 is 5.32 Å². The summed E-state index contributed by atoms with van der Waals surface area (Å²) in [5, 5.41) is 18.1. The highest BCUT2D eigenvalue weighted by Crippen LogP contribution is 2.37. The van der Waals surface area contributed by atoms with Crippen molar-refractivity contribution in [2.24, 2.45) is 0 Å². The van der Waals surface area contributed by atoms with Gasteiger partial charge in [-0.05, 0) is 57.1 Å². The van der Waals surface area contributed by atoms with Crippen LogP contribution in [-0.2, 0) is 4.74 Å². The molecule has 0 amide bonds. The molecule has 0 radical (unpaired) electrons. The lowest BCUT2D eigenvalue weighted by Crippen LogP contribution is -2.19. The van der Waals surface area contributed by atoms with Gasteiger partial charge in [-0.15, -0.1) is 5.10 Å². The van der Waals surface area contributed by atoms with Crippen molar-refractivity contribution < 1.29 is 9.84 Å². The van der Waals surface area contributed by atoms with Crippen molar-refractivity contribution >= 4 is 17.0 Å². The summed E-state index contributed by atoms with van der Waals surface area (Å²) in [5.74, 6) is 1.11. The van der Waals surface area contributed by atoms with Crippen molar-refractivity contribution in [2.75, 3.05) is 18.5 Å². The summed E-state index contributed by atoms with van der Waals surface area (Å²) < 4.78 is 7.58. The standard InChI is InChI=1S/C21H30N4O2/c1-3-14(2)23-21-22-13-20-18(15-8-10-27-11-9-15)12-19(25(20)24-21)16-4-6-17(26)7-5-16/h8,12-14,16-17,26H,3-7,9-11H2,1-2H3,(H,23,24). The number of hydrogen-bond acceptors (Lipinski definition) is 5. The highest BCUT2D eigenvalue weighted by atomic mass is 16.5. The first-order valence-electron chi connectivity index (χ1n) is 10.3. The average Bonchev–Trinajstić information content (AvgIpc) is 3.08. The molecule has 1 saturated carbocycles. The van der Waals surface area contributed by atoms with Gasteiger partial charge in [0.05, 0.1) is 31.0 Å². The number of nitrogens with zero attached hydrogens (tertiary/aromatic N) is 3. The van der Waals surface area contributed by atoms with E-state index >= 15 is 0 Å². The zero-order valence-corrected chi connectivity index (χ0v) is 16.3. The molecule has 0 saturated heterocycles. The lowest BCUT2D eigenvalue weighted by Gasteiger charge is -2.25. The lowest BCUT2D eigenvalue weighted by atomic mass is 9.85. The van der Waals surface area contributed by atoms with E-state index in [1.54, 1.807) is 0 Å². The fraction of sp³-hybridized carbons (Fsp3) is 0.619. The maximum atomic E-state index is 9.90. The minimum atomic E-state index is -0.151. The van der Waals surface area contributed by atoms with Gasteiger partial charge < -0.3 is 15.2 Å². The first-order valence-corrected chi connectivity index (χ1v) is 10.3. The topological polar surface area (TPSA) is 71.7 Å². The summed E-state index contributed by atoms with van der Waals surface area (Å²) >= 11 is 0. The van der Waals surface area contributed by atoms with E-state index in [2.05, 4.69) is 40.8 Å². The second kappa shape index (κ2) is 7.98. The third-order valence-electron chi connectivity index (χ3n) is 5.96. The molecule has 2 aliphatic rings. The largest absolute Gasteiger partial charge is 0.393 e. The molecule has 1 atom stereocenters. The fourth-order valence-electron chi connectivity index (χ4n) is 4.09. The van der Waals surface area contributed by atoms with Crippen LogP contribution in [0.2, 0.25) is 0 Å². The molecular weight excluding hydrogens is 340 g/mol. The molecule has 2 aromatic heterocycles. The van der Waals surface area contributed by atoms with Gasteiger partial charge in [0.15, 0.2) is 0 Å². The average molecular weight is 370 g/mol. The maximum absolute atomic E-state index is 9.90. The number of rotatable bonds is 5. The molecule has 0 aromatic carbocycles. The monoisotopic (exact) mass is 370 g/mol. The van der Waals surface area contributed by atoms with E-state index in [1.807, 2.05) is 6.20 Å². The van der Waals surface area contributed by atoms with Crippen LogP contribution in [0.1, 0.15) is 69.5 Å². The van der Waals surface area contributed by atoms with Crippen molar-refractivity contribution in [3.05, 3.63) is 29.6 Å². The first kappa shape index (κ1) is 18.4. The lowest BCUT2D eigenvalue weighted by molar-refractivity contribution is 0.121. The Balaban J connectivity index is 1.76. The van der Waals surface area contributed by atoms with Gasteiger partial charge in [0.1, 0.15) is 0 Å². The maximum Gasteiger partial charge on any atom is 0.241 e. The number of fused-ring (bicyclic) bond motifs is 1. The SMILES string of the molecule is CCC(C)Nc1ncc2c(C3=CCOCC3)cc(C3CCC(O)CC3)n2n1. The molecule has 0 bridgehead atoms. The predicted molar refractivity (Wildman–Crippen MR) is 107 cm³/mol. The summed E-state index contributed by atoms with van der Waals surface area (Å²) in [5.41, 5.74) is 4.87. The Hall–Kier alpha value is -1.92. The van der Waals surface area contributed by atoms with Gasteiger partial charge in [0, 0.05) is 23.2 Å². The van der Waals surface area contributed by atoms with E-state index in [0.717, 1.165) is 50.6 Å². The molecular formula is C21H30N4O2. The van der Waals surface area contributed by atoms with Crippen molar-refractivity contribution in [1.29, 1.82) is 0 Å². The molecule has 3 heterocycles. The number of nitrogens with one attached hydrogen (secondary N) is 1. The van der Waals surface area contributed by atoms with E-state index in [4.69, 9.17) is 9.84 Å². The molecule has 1 unspecified atom stereocenters. The molecule has 4 rings (SSSR count). The molecule has 1 aliphatic heterocycles. The van der Waals surface area contributed by atoms with Gasteiger partial charge >= 0.3 is 0 Å². The van der Waals surface area contributed by atoms with E-state index in [-0.39, 0.29) is 6.10 Å². The number of aromatic nitrogens is 3. The Kier molecular flexibility index (Phi) is 5.45. The Morgan fingerprint density at radius 2 is 2.15 bits per heavy atom. The third-order valence-corrected chi connectivity index (χ3v) is 5.96. The summed E-state index contributed by atoms with van der Waals surface area (Å²) in [6.07, 6.45) is 9.68. The molecule has 2 N–H and O–H groups in total. The number of hydrogen-bond donors (Lipinski definition) is 2. The quantitative estimate of drug-likeness (QED) is 0.838. The van der Waals surface area contributed by atoms with E-state index < -0.39 is 0 Å². The van der Waals surface area contributed by atoms with E-state index in [9.17, 15) is 5.11 Å². The van der Waals surface area contributed by atoms with Crippen LogP contribution in [0, 0.1) is 0 Å². The molecule has 1 fully saturated rings. The normalized spacial score (nSPS) is 24.6. The number of anilines is 1. The summed E-state index contributed by atoms with van der Waals surface area (Å²) in [6, 6.07) is 2.64. The van der Waals surface area contributed by atoms with Gasteiger partial charge in [-0.2, -0.15) is 0 Å². The zero-order valence-electron chi connectivity index (χ0n) is 16.3. The van der Waals surface area contributed by atoms with Crippen LogP contribution >= 0.6 is 0 Å². The second-order valence-corrected chi connectivity index (χ2v) is 7.88. The molecule has 146 valence electrons. The first-order chi connectivity index (χ1) is 13.2. The zero-order chi connectivity index (χ0) is 18.8. The van der Waals surface area contributed by atoms with Gasteiger partial charge in [-0.25, -0.2) is 9.50 Å². The van der Waals surface area contributed by atoms with Gasteiger partial charge in [0.25, 0.3) is 0 Å². The Bertz CT molecular complexity index is 821. The molecule has 0 spiro atoms. The van der Waals surface area contributed by atoms with Gasteiger partial charge in [0.2, 0.25) is 5.95 Å². The van der Waals surface area contributed by atoms with Crippen molar-refractivity contribution in [3.8, 4) is 0 Å². The van der Waals surface area contributed by atoms with Crippen LogP contribution in [0.5, 0.6) is 0 Å². The highest BCUT2D eigenvalue weighted by molar-refractivity contribution is 5.79. The molecule has 6 nitrogen and oxygen atoms in total. The van der Waals surface area contributed by atoms with Gasteiger partial charge in [-0.1, -0.05) is 13.0 Å². The second-order valence-electron chi connectivity index (χ2n) is 7.88. The van der Waals surface area contributed by atoms with Crippen LogP contribution in [0.25, 0.3) is 11.1 Å². The molecule has 2 aromatic rings. The number of aliphatic hydroxyl groups excluding tert-OH is 1. The molecule has 6 heteroatoms. The minimum Gasteiger partial charge on any atom is -0.393 e. The Labute approximate surface area is 160 Å². The summed E-state index contributed by atoms with van der Waals surface area (Å²) in [4.78, 5) is 4.58. The molecule has 27 heavy (non-hydrogen) atoms. The van der Waals surface area contributed by atoms with E-state index in [0.29, 0.717) is 24.5 Å². The smallest absolute Gasteiger partial charge is 0.241 e. The predicted octanol–water partition coefficient (Wildman–Crippen LogP) is 3.76. The summed E-state index contributed by atoms with van der Waals surface area (Å²) in [7, 11) is 0.